The molecule has 1 atom stereocenters. The van der Waals surface area contributed by atoms with Gasteiger partial charge in [-0.3, -0.25) is 13.9 Å². The third-order valence-corrected chi connectivity index (χ3v) is 9.47. The SMILES string of the molecule is CNC(=O)[C@@H](Cc1ccccc1)N(Cc1ccc(Cl)cc1Cl)C(=O)CN(c1ccc(C)cc1C)S(=O)(=O)c1ccccc1. The molecule has 7 nitrogen and oxygen atoms in total. The summed E-state index contributed by atoms with van der Waals surface area (Å²) >= 11 is 12.6. The van der Waals surface area contributed by atoms with Crippen LogP contribution in [-0.4, -0.2) is 44.8 Å². The molecule has 0 aliphatic carbocycles. The van der Waals surface area contributed by atoms with Crippen LogP contribution < -0.4 is 9.62 Å². The molecule has 4 aromatic rings. The van der Waals surface area contributed by atoms with Gasteiger partial charge in [-0.2, -0.15) is 0 Å². The lowest BCUT2D eigenvalue weighted by Crippen LogP contribution is -2.53. The van der Waals surface area contributed by atoms with Gasteiger partial charge in [-0.1, -0.05) is 95.5 Å². The molecule has 0 aliphatic heterocycles. The summed E-state index contributed by atoms with van der Waals surface area (Å²) in [5.41, 5.74) is 3.40. The fourth-order valence-corrected chi connectivity index (χ4v) is 6.84. The van der Waals surface area contributed by atoms with Crippen molar-refractivity contribution in [2.75, 3.05) is 17.9 Å². The van der Waals surface area contributed by atoms with E-state index in [1.165, 1.54) is 24.1 Å². The van der Waals surface area contributed by atoms with Gasteiger partial charge in [-0.05, 0) is 60.9 Å². The van der Waals surface area contributed by atoms with E-state index in [-0.39, 0.29) is 17.9 Å². The smallest absolute Gasteiger partial charge is 0.264 e. The number of anilines is 1. The van der Waals surface area contributed by atoms with Gasteiger partial charge in [-0.25, -0.2) is 8.42 Å². The molecule has 2 amide bonds. The van der Waals surface area contributed by atoms with Crippen LogP contribution >= 0.6 is 23.2 Å². The lowest BCUT2D eigenvalue weighted by atomic mass is 10.0. The lowest BCUT2D eigenvalue weighted by Gasteiger charge is -2.34. The van der Waals surface area contributed by atoms with Crippen LogP contribution in [0.25, 0.3) is 0 Å². The van der Waals surface area contributed by atoms with Gasteiger partial charge in [0.25, 0.3) is 10.0 Å². The first-order valence-corrected chi connectivity index (χ1v) is 15.8. The molecule has 0 unspecified atom stereocenters. The molecule has 0 aromatic heterocycles. The molecular formula is C33H33Cl2N3O4S. The van der Waals surface area contributed by atoms with E-state index in [0.29, 0.717) is 26.9 Å². The summed E-state index contributed by atoms with van der Waals surface area (Å²) in [7, 11) is -2.67. The van der Waals surface area contributed by atoms with Crippen LogP contribution in [0.5, 0.6) is 0 Å². The number of nitrogens with zero attached hydrogens (tertiary/aromatic N) is 2. The van der Waals surface area contributed by atoms with Gasteiger partial charge in [0, 0.05) is 30.1 Å². The summed E-state index contributed by atoms with van der Waals surface area (Å²) in [5.74, 6) is -0.971. The van der Waals surface area contributed by atoms with Gasteiger partial charge < -0.3 is 10.2 Å². The van der Waals surface area contributed by atoms with Crippen LogP contribution in [0.2, 0.25) is 10.0 Å². The zero-order valence-electron chi connectivity index (χ0n) is 24.1. The Labute approximate surface area is 263 Å². The van der Waals surface area contributed by atoms with E-state index in [0.717, 1.165) is 15.4 Å². The third-order valence-electron chi connectivity index (χ3n) is 7.10. The van der Waals surface area contributed by atoms with Gasteiger partial charge in [0.2, 0.25) is 11.8 Å². The van der Waals surface area contributed by atoms with Crippen molar-refractivity contribution in [2.24, 2.45) is 0 Å². The molecule has 0 saturated heterocycles. The van der Waals surface area contributed by atoms with Crippen LogP contribution in [-0.2, 0) is 32.6 Å². The van der Waals surface area contributed by atoms with Crippen LogP contribution in [0.3, 0.4) is 0 Å². The second-order valence-corrected chi connectivity index (χ2v) is 12.9. The number of rotatable bonds is 11. The topological polar surface area (TPSA) is 86.8 Å². The first-order valence-electron chi connectivity index (χ1n) is 13.6. The normalized spacial score (nSPS) is 11.9. The summed E-state index contributed by atoms with van der Waals surface area (Å²) < 4.78 is 29.2. The van der Waals surface area contributed by atoms with Crippen molar-refractivity contribution in [3.63, 3.8) is 0 Å². The average molecular weight is 639 g/mol. The first kappa shape index (κ1) is 32.1. The highest BCUT2D eigenvalue weighted by atomic mass is 35.5. The maximum atomic E-state index is 14.4. The Morgan fingerprint density at radius 3 is 2.12 bits per heavy atom. The fourth-order valence-electron chi connectivity index (χ4n) is 4.87. The van der Waals surface area contributed by atoms with E-state index in [4.69, 9.17) is 23.2 Å². The van der Waals surface area contributed by atoms with Gasteiger partial charge in [0.1, 0.15) is 12.6 Å². The second-order valence-electron chi connectivity index (χ2n) is 10.2. The van der Waals surface area contributed by atoms with Crippen LogP contribution in [0.4, 0.5) is 5.69 Å². The second kappa shape index (κ2) is 14.1. The van der Waals surface area contributed by atoms with Crippen molar-refractivity contribution in [1.29, 1.82) is 0 Å². The van der Waals surface area contributed by atoms with E-state index in [1.807, 2.05) is 43.3 Å². The number of carbonyl (C=O) groups excluding carboxylic acids is 2. The number of likely N-dealkylation sites (N-methyl/N-ethyl adjacent to an activating group) is 1. The zero-order chi connectivity index (χ0) is 31.1. The summed E-state index contributed by atoms with van der Waals surface area (Å²) in [5, 5.41) is 3.42. The number of carbonyl (C=O) groups is 2. The molecule has 10 heteroatoms. The highest BCUT2D eigenvalue weighted by Gasteiger charge is 2.35. The Bertz CT molecular complexity index is 1700. The summed E-state index contributed by atoms with van der Waals surface area (Å²) in [6.07, 6.45) is 0.201. The maximum absolute atomic E-state index is 14.4. The molecule has 0 fully saturated rings. The zero-order valence-corrected chi connectivity index (χ0v) is 26.5. The highest BCUT2D eigenvalue weighted by Crippen LogP contribution is 2.29. The molecule has 0 saturated carbocycles. The molecule has 43 heavy (non-hydrogen) atoms. The monoisotopic (exact) mass is 637 g/mol. The number of halogens is 2. The number of nitrogens with one attached hydrogen (secondary N) is 1. The third kappa shape index (κ3) is 7.76. The van der Waals surface area contributed by atoms with E-state index in [2.05, 4.69) is 5.32 Å². The quantitative estimate of drug-likeness (QED) is 0.212. The minimum absolute atomic E-state index is 0.0437. The fraction of sp³-hybridized carbons (Fsp3) is 0.212. The number of sulfonamides is 1. The number of benzene rings is 4. The first-order chi connectivity index (χ1) is 20.5. The van der Waals surface area contributed by atoms with E-state index < -0.39 is 34.4 Å². The van der Waals surface area contributed by atoms with E-state index >= 15 is 0 Å². The van der Waals surface area contributed by atoms with Crippen LogP contribution in [0, 0.1) is 13.8 Å². The number of aryl methyl sites for hydroxylation is 2. The number of hydrogen-bond acceptors (Lipinski definition) is 4. The molecule has 0 bridgehead atoms. The molecule has 0 spiro atoms. The van der Waals surface area contributed by atoms with Crippen molar-refractivity contribution in [2.45, 2.75) is 37.8 Å². The lowest BCUT2D eigenvalue weighted by molar-refractivity contribution is -0.139. The standard InChI is InChI=1S/C33H33Cl2N3O4S/c1-23-14-17-30(24(2)18-23)38(43(41,42)28-12-8-5-9-13-28)22-32(39)37(21-26-15-16-27(34)20-29(26)35)31(33(40)36-3)19-25-10-6-4-7-11-25/h4-18,20,31H,19,21-22H2,1-3H3,(H,36,40)/t31-/m1/s1. The highest BCUT2D eigenvalue weighted by molar-refractivity contribution is 7.92. The Morgan fingerprint density at radius 1 is 0.860 bits per heavy atom. The summed E-state index contributed by atoms with van der Waals surface area (Å²) in [4.78, 5) is 29.2. The van der Waals surface area contributed by atoms with Gasteiger partial charge in [-0.15, -0.1) is 0 Å². The largest absolute Gasteiger partial charge is 0.357 e. The van der Waals surface area contributed by atoms with Crippen molar-refractivity contribution in [3.8, 4) is 0 Å². The molecule has 1 N–H and O–H groups in total. The maximum Gasteiger partial charge on any atom is 0.264 e. The number of amides is 2. The van der Waals surface area contributed by atoms with Crippen molar-refractivity contribution >= 4 is 50.7 Å². The van der Waals surface area contributed by atoms with Gasteiger partial charge >= 0.3 is 0 Å². The molecule has 4 aromatic carbocycles. The van der Waals surface area contributed by atoms with E-state index in [1.54, 1.807) is 55.5 Å². The minimum atomic E-state index is -4.17. The van der Waals surface area contributed by atoms with Crippen LogP contribution in [0.15, 0.2) is 102 Å². The van der Waals surface area contributed by atoms with Crippen molar-refractivity contribution in [3.05, 3.63) is 129 Å². The molecule has 0 aliphatic rings. The van der Waals surface area contributed by atoms with Gasteiger partial charge in [0.05, 0.1) is 10.6 Å². The van der Waals surface area contributed by atoms with Crippen molar-refractivity contribution < 1.29 is 18.0 Å². The average Bonchev–Trinajstić information content (AvgIpc) is 2.99. The number of hydrogen-bond donors (Lipinski definition) is 1. The van der Waals surface area contributed by atoms with Crippen molar-refractivity contribution in [1.82, 2.24) is 10.2 Å². The molecule has 0 radical (unpaired) electrons. The molecular weight excluding hydrogens is 605 g/mol. The summed E-state index contributed by atoms with van der Waals surface area (Å²) in [6, 6.07) is 26.6. The Balaban J connectivity index is 1.82. The Kier molecular flexibility index (Phi) is 10.5. The Morgan fingerprint density at radius 2 is 1.51 bits per heavy atom. The van der Waals surface area contributed by atoms with Gasteiger partial charge in [0.15, 0.2) is 0 Å². The summed E-state index contributed by atoms with van der Waals surface area (Å²) in [6.45, 7) is 3.11. The van der Waals surface area contributed by atoms with Crippen LogP contribution in [0.1, 0.15) is 22.3 Å². The molecule has 224 valence electrons. The Hall–Kier alpha value is -3.85. The predicted molar refractivity (Wildman–Crippen MR) is 172 cm³/mol. The molecule has 4 rings (SSSR count). The predicted octanol–water partition coefficient (Wildman–Crippen LogP) is 6.19. The van der Waals surface area contributed by atoms with E-state index in [9.17, 15) is 18.0 Å². The molecule has 0 heterocycles. The minimum Gasteiger partial charge on any atom is -0.357 e.